The van der Waals surface area contributed by atoms with E-state index in [4.69, 9.17) is 0 Å². The number of phenols is 6. The molecule has 0 saturated carbocycles. The standard InChI is InChI=1S/C30H26O9/c1-12(9-18(35)25-14(31)5-3-6-15(25)32)23-13(2)24-19(36)10-20(37)27-21(38)11-22(39)28(30(24)27)29(23)26-16(33)7-4-8-17(26)34/h3-8,10-13,23,31-34,36-38H,9H2,1-2H3/t12-,13-,23-/m1/s1. The van der Waals surface area contributed by atoms with Crippen LogP contribution in [0.15, 0.2) is 48.5 Å². The minimum Gasteiger partial charge on any atom is -0.507 e. The molecule has 9 nitrogen and oxygen atoms in total. The van der Waals surface area contributed by atoms with Crippen LogP contribution in [0.3, 0.4) is 0 Å². The molecule has 0 heterocycles. The number of carbonyl (C=O) groups excluding carboxylic acids is 2. The Morgan fingerprint density at radius 2 is 1.36 bits per heavy atom. The van der Waals surface area contributed by atoms with Gasteiger partial charge in [-0.05, 0) is 47.6 Å². The van der Waals surface area contributed by atoms with Crippen LogP contribution < -0.4 is 0 Å². The van der Waals surface area contributed by atoms with Crippen molar-refractivity contribution in [2.45, 2.75) is 26.2 Å². The molecule has 200 valence electrons. The van der Waals surface area contributed by atoms with Gasteiger partial charge >= 0.3 is 0 Å². The van der Waals surface area contributed by atoms with Crippen LogP contribution in [-0.2, 0) is 4.79 Å². The van der Waals surface area contributed by atoms with Gasteiger partial charge in [0.05, 0.1) is 11.1 Å². The van der Waals surface area contributed by atoms with Gasteiger partial charge in [0.25, 0.3) is 0 Å². The molecule has 0 amide bonds. The molecule has 0 unspecified atom stereocenters. The van der Waals surface area contributed by atoms with Crippen molar-refractivity contribution < 1.29 is 45.3 Å². The quantitative estimate of drug-likeness (QED) is 0.225. The highest BCUT2D eigenvalue weighted by Gasteiger charge is 2.45. The van der Waals surface area contributed by atoms with Crippen LogP contribution >= 0.6 is 0 Å². The van der Waals surface area contributed by atoms with E-state index in [2.05, 4.69) is 0 Å². The summed E-state index contributed by atoms with van der Waals surface area (Å²) in [7, 11) is 0. The lowest BCUT2D eigenvalue weighted by atomic mass is 9.62. The number of Topliss-reactive ketones (excluding diaryl/α,β-unsaturated/α-hetero) is 1. The Morgan fingerprint density at radius 3 is 1.95 bits per heavy atom. The minimum absolute atomic E-state index is 0.0476. The Hall–Kier alpha value is -4.92. The molecule has 0 aromatic heterocycles. The van der Waals surface area contributed by atoms with Crippen LogP contribution in [0.5, 0.6) is 34.5 Å². The number of aliphatic hydroxyl groups excluding tert-OH is 1. The van der Waals surface area contributed by atoms with Gasteiger partial charge < -0.3 is 35.7 Å². The van der Waals surface area contributed by atoms with Gasteiger partial charge in [0.2, 0.25) is 0 Å². The van der Waals surface area contributed by atoms with E-state index in [0.29, 0.717) is 0 Å². The summed E-state index contributed by atoms with van der Waals surface area (Å²) in [5.41, 5.74) is 0.0648. The lowest BCUT2D eigenvalue weighted by Crippen LogP contribution is -2.30. The SMILES string of the molecule is C[C@H](CC(=O)c1c(O)cccc1O)[C@H]1C(c2c(O)cccc2O)=C2C(=O)C=C(O)c3c(O)cc(O)c(c32)[C@@H]1C. The number of aromatic hydroxyl groups is 6. The topological polar surface area (TPSA) is 176 Å². The second-order valence-electron chi connectivity index (χ2n) is 10.0. The monoisotopic (exact) mass is 530 g/mol. The van der Waals surface area contributed by atoms with Gasteiger partial charge in [0, 0.05) is 35.3 Å². The van der Waals surface area contributed by atoms with Crippen molar-refractivity contribution in [3.8, 4) is 34.5 Å². The number of hydrogen-bond acceptors (Lipinski definition) is 9. The van der Waals surface area contributed by atoms with E-state index < -0.39 is 52.3 Å². The first-order valence-electron chi connectivity index (χ1n) is 12.3. The number of phenolic OH excluding ortho intramolecular Hbond substituents is 6. The zero-order chi connectivity index (χ0) is 28.3. The highest BCUT2D eigenvalue weighted by Crippen LogP contribution is 2.59. The number of carbonyl (C=O) groups is 2. The minimum atomic E-state index is -0.774. The Kier molecular flexibility index (Phi) is 6.02. The van der Waals surface area contributed by atoms with Crippen molar-refractivity contribution >= 4 is 28.5 Å². The number of allylic oxidation sites excluding steroid dienone is 3. The number of ketones is 2. The number of aliphatic hydroxyl groups is 1. The van der Waals surface area contributed by atoms with Crippen molar-refractivity contribution in [1.29, 1.82) is 0 Å². The molecule has 5 rings (SSSR count). The van der Waals surface area contributed by atoms with Gasteiger partial charge in [-0.15, -0.1) is 0 Å². The molecule has 0 aliphatic heterocycles. The fourth-order valence-corrected chi connectivity index (χ4v) is 6.11. The molecule has 2 aliphatic carbocycles. The van der Waals surface area contributed by atoms with E-state index >= 15 is 0 Å². The van der Waals surface area contributed by atoms with Crippen LogP contribution in [0.25, 0.3) is 16.9 Å². The normalized spacial score (nSPS) is 18.9. The number of hydrogen-bond donors (Lipinski definition) is 7. The van der Waals surface area contributed by atoms with Crippen molar-refractivity contribution in [3.63, 3.8) is 0 Å². The third-order valence-corrected chi connectivity index (χ3v) is 7.65. The van der Waals surface area contributed by atoms with Gasteiger partial charge in [-0.1, -0.05) is 26.0 Å². The molecule has 0 saturated heterocycles. The molecule has 0 spiro atoms. The molecule has 0 fully saturated rings. The maximum atomic E-state index is 13.5. The van der Waals surface area contributed by atoms with Crippen molar-refractivity contribution in [2.24, 2.45) is 11.8 Å². The van der Waals surface area contributed by atoms with E-state index in [1.807, 2.05) is 0 Å². The number of benzene rings is 3. The maximum Gasteiger partial charge on any atom is 0.190 e. The molecule has 9 heteroatoms. The van der Waals surface area contributed by atoms with Crippen LogP contribution in [0.2, 0.25) is 0 Å². The van der Waals surface area contributed by atoms with E-state index in [-0.39, 0.29) is 62.6 Å². The average Bonchev–Trinajstić information content (AvgIpc) is 2.82. The van der Waals surface area contributed by atoms with Crippen molar-refractivity contribution in [1.82, 2.24) is 0 Å². The maximum absolute atomic E-state index is 13.5. The predicted molar refractivity (Wildman–Crippen MR) is 142 cm³/mol. The molecular weight excluding hydrogens is 504 g/mol. The van der Waals surface area contributed by atoms with Gasteiger partial charge in [-0.3, -0.25) is 9.59 Å². The molecule has 3 aromatic carbocycles. The molecule has 7 N–H and O–H groups in total. The highest BCUT2D eigenvalue weighted by molar-refractivity contribution is 6.37. The second-order valence-corrected chi connectivity index (χ2v) is 10.0. The average molecular weight is 531 g/mol. The molecule has 3 atom stereocenters. The summed E-state index contributed by atoms with van der Waals surface area (Å²) in [5, 5.41) is 74.2. The summed E-state index contributed by atoms with van der Waals surface area (Å²) in [6.07, 6.45) is 0.694. The molecule has 39 heavy (non-hydrogen) atoms. The molecule has 3 aromatic rings. The van der Waals surface area contributed by atoms with E-state index in [0.717, 1.165) is 12.1 Å². The molecule has 0 radical (unpaired) electrons. The lowest BCUT2D eigenvalue weighted by molar-refractivity contribution is -0.109. The van der Waals surface area contributed by atoms with Crippen LogP contribution in [0, 0.1) is 11.8 Å². The Balaban J connectivity index is 1.78. The fourth-order valence-electron chi connectivity index (χ4n) is 6.11. The Labute approximate surface area is 222 Å². The van der Waals surface area contributed by atoms with Gasteiger partial charge in [-0.2, -0.15) is 0 Å². The van der Waals surface area contributed by atoms with Crippen molar-refractivity contribution in [2.75, 3.05) is 0 Å². The predicted octanol–water partition coefficient (Wildman–Crippen LogP) is 4.96. The summed E-state index contributed by atoms with van der Waals surface area (Å²) in [6.45, 7) is 3.43. The first kappa shape index (κ1) is 25.7. The second kappa shape index (κ2) is 9.13. The third kappa shape index (κ3) is 3.85. The Morgan fingerprint density at radius 1 is 0.795 bits per heavy atom. The first-order valence-corrected chi connectivity index (χ1v) is 12.3. The first-order chi connectivity index (χ1) is 18.4. The van der Waals surface area contributed by atoms with Crippen molar-refractivity contribution in [3.05, 3.63) is 76.4 Å². The molecular formula is C30H26O9. The fraction of sp³-hybridized carbons (Fsp3) is 0.200. The lowest BCUT2D eigenvalue weighted by Gasteiger charge is -2.40. The molecule has 0 bridgehead atoms. The smallest absolute Gasteiger partial charge is 0.190 e. The van der Waals surface area contributed by atoms with Crippen LogP contribution in [-0.4, -0.2) is 47.3 Å². The van der Waals surface area contributed by atoms with Gasteiger partial charge in [-0.25, -0.2) is 0 Å². The van der Waals surface area contributed by atoms with Crippen LogP contribution in [0.1, 0.15) is 58.8 Å². The summed E-state index contributed by atoms with van der Waals surface area (Å²) in [4.78, 5) is 26.7. The summed E-state index contributed by atoms with van der Waals surface area (Å²) in [6, 6.07) is 9.08. The zero-order valence-corrected chi connectivity index (χ0v) is 21.0. The van der Waals surface area contributed by atoms with Gasteiger partial charge in [0.15, 0.2) is 11.6 Å². The van der Waals surface area contributed by atoms with E-state index in [1.165, 1.54) is 36.4 Å². The Bertz CT molecular complexity index is 1590. The highest BCUT2D eigenvalue weighted by atomic mass is 16.3. The van der Waals surface area contributed by atoms with E-state index in [9.17, 15) is 45.3 Å². The van der Waals surface area contributed by atoms with Crippen LogP contribution in [0.4, 0.5) is 0 Å². The zero-order valence-electron chi connectivity index (χ0n) is 21.0. The summed E-state index contributed by atoms with van der Waals surface area (Å²) >= 11 is 0. The molecule has 2 aliphatic rings. The van der Waals surface area contributed by atoms with E-state index in [1.54, 1.807) is 13.8 Å². The third-order valence-electron chi connectivity index (χ3n) is 7.65. The largest absolute Gasteiger partial charge is 0.507 e. The summed E-state index contributed by atoms with van der Waals surface area (Å²) in [5.74, 6) is -6.09. The summed E-state index contributed by atoms with van der Waals surface area (Å²) < 4.78 is 0. The number of rotatable bonds is 5. The van der Waals surface area contributed by atoms with Gasteiger partial charge in [0.1, 0.15) is 45.8 Å².